The Balaban J connectivity index is 1.61. The Morgan fingerprint density at radius 1 is 1.06 bits per heavy atom. The van der Waals surface area contributed by atoms with E-state index in [0.29, 0.717) is 30.3 Å². The molecule has 4 rings (SSSR count). The minimum atomic E-state index is -0.684. The van der Waals surface area contributed by atoms with Gasteiger partial charge in [-0.05, 0) is 106 Å². The van der Waals surface area contributed by atoms with Gasteiger partial charge in [0.1, 0.15) is 12.2 Å². The number of amides is 4. The molecule has 1 N–H and O–H groups in total. The number of hydrogen-bond donors (Lipinski definition) is 1. The molecule has 2 fully saturated rings. The van der Waals surface area contributed by atoms with Crippen molar-refractivity contribution in [3.8, 4) is 11.5 Å². The number of carbonyl (C=O) groups is 3. The van der Waals surface area contributed by atoms with Crippen LogP contribution in [0.3, 0.4) is 0 Å². The molecule has 1 aliphatic carbocycles. The lowest BCUT2D eigenvalue weighted by atomic mass is 10.0. The summed E-state index contributed by atoms with van der Waals surface area (Å²) in [5.41, 5.74) is 1.59. The fourth-order valence-electron chi connectivity index (χ4n) is 4.14. The van der Waals surface area contributed by atoms with Crippen molar-refractivity contribution in [1.82, 2.24) is 10.2 Å². The summed E-state index contributed by atoms with van der Waals surface area (Å²) < 4.78 is 13.8. The molecule has 34 heavy (non-hydrogen) atoms. The molecule has 2 aromatic carbocycles. The molecule has 0 bridgehead atoms. The Morgan fingerprint density at radius 3 is 2.44 bits per heavy atom. The lowest BCUT2D eigenvalue weighted by molar-refractivity contribution is -0.131. The van der Waals surface area contributed by atoms with Gasteiger partial charge in [-0.25, -0.2) is 4.79 Å². The van der Waals surface area contributed by atoms with Crippen LogP contribution in [-0.2, 0) is 16.2 Å². The smallest absolute Gasteiger partial charge is 0.331 e. The first-order chi connectivity index (χ1) is 16.4. The average molecular weight is 686 g/mol. The van der Waals surface area contributed by atoms with Gasteiger partial charge in [0.25, 0.3) is 11.8 Å². The van der Waals surface area contributed by atoms with Crippen LogP contribution in [0.25, 0.3) is 6.08 Å². The quantitative estimate of drug-likeness (QED) is 0.244. The Labute approximate surface area is 225 Å². The monoisotopic (exact) mass is 686 g/mol. The van der Waals surface area contributed by atoms with Crippen molar-refractivity contribution in [3.05, 3.63) is 60.2 Å². The van der Waals surface area contributed by atoms with E-state index in [1.165, 1.54) is 11.0 Å². The van der Waals surface area contributed by atoms with Crippen molar-refractivity contribution in [3.63, 3.8) is 0 Å². The SMILES string of the molecule is CCOc1cc(/C=C2\C(=O)NC(=O)N(C3CCCC3)C2=O)cc(I)c1OCc1ccc(I)cc1. The fraction of sp³-hybridized carbons (Fsp3) is 0.320. The summed E-state index contributed by atoms with van der Waals surface area (Å²) in [6.45, 7) is 2.69. The molecule has 1 heterocycles. The molecule has 2 aliphatic rings. The molecule has 1 aliphatic heterocycles. The van der Waals surface area contributed by atoms with Gasteiger partial charge in [-0.2, -0.15) is 0 Å². The molecule has 0 spiro atoms. The number of halogens is 2. The molecule has 1 saturated heterocycles. The number of rotatable bonds is 7. The molecule has 178 valence electrons. The van der Waals surface area contributed by atoms with E-state index in [9.17, 15) is 14.4 Å². The Hall–Kier alpha value is -2.15. The van der Waals surface area contributed by atoms with E-state index >= 15 is 0 Å². The molecule has 0 atom stereocenters. The van der Waals surface area contributed by atoms with Crippen LogP contribution in [0.1, 0.15) is 43.7 Å². The molecular formula is C25H24I2N2O5. The van der Waals surface area contributed by atoms with Crippen LogP contribution in [0.2, 0.25) is 0 Å². The molecule has 9 heteroatoms. The molecule has 4 amide bonds. The minimum absolute atomic E-state index is 0.0581. The number of nitrogens with one attached hydrogen (secondary N) is 1. The topological polar surface area (TPSA) is 84.9 Å². The van der Waals surface area contributed by atoms with Crippen LogP contribution in [0.5, 0.6) is 11.5 Å². The standard InChI is InChI=1S/C25H24I2N2O5/c1-2-33-21-13-16(12-20(27)22(21)34-14-15-7-9-17(26)10-8-15)11-19-23(30)28-25(32)29(24(19)31)18-5-3-4-6-18/h7-13,18H,2-6,14H2,1H3,(H,28,30,32)/b19-11+. The van der Waals surface area contributed by atoms with Crippen LogP contribution >= 0.6 is 45.2 Å². The third-order valence-electron chi connectivity index (χ3n) is 5.76. The summed E-state index contributed by atoms with van der Waals surface area (Å²) in [5, 5.41) is 2.32. The van der Waals surface area contributed by atoms with Gasteiger partial charge in [-0.3, -0.25) is 19.8 Å². The summed E-state index contributed by atoms with van der Waals surface area (Å²) in [6, 6.07) is 10.8. The molecule has 0 aromatic heterocycles. The largest absolute Gasteiger partial charge is 0.490 e. The maximum atomic E-state index is 13.1. The van der Waals surface area contributed by atoms with Crippen molar-refractivity contribution in [2.24, 2.45) is 0 Å². The molecule has 0 unspecified atom stereocenters. The fourth-order valence-corrected chi connectivity index (χ4v) is 5.28. The Morgan fingerprint density at radius 2 is 1.76 bits per heavy atom. The average Bonchev–Trinajstić information content (AvgIpc) is 3.32. The van der Waals surface area contributed by atoms with Crippen molar-refractivity contribution in [2.45, 2.75) is 45.3 Å². The number of nitrogens with zero attached hydrogens (tertiary/aromatic N) is 1. The predicted molar refractivity (Wildman–Crippen MR) is 144 cm³/mol. The number of benzene rings is 2. The van der Waals surface area contributed by atoms with E-state index < -0.39 is 17.8 Å². The molecule has 7 nitrogen and oxygen atoms in total. The van der Waals surface area contributed by atoms with E-state index in [1.807, 2.05) is 37.3 Å². The highest BCUT2D eigenvalue weighted by atomic mass is 127. The van der Waals surface area contributed by atoms with Gasteiger partial charge in [-0.1, -0.05) is 25.0 Å². The van der Waals surface area contributed by atoms with E-state index in [1.54, 1.807) is 6.07 Å². The summed E-state index contributed by atoms with van der Waals surface area (Å²) in [7, 11) is 0. The highest BCUT2D eigenvalue weighted by Crippen LogP contribution is 2.36. The van der Waals surface area contributed by atoms with Gasteiger partial charge in [0, 0.05) is 9.61 Å². The highest BCUT2D eigenvalue weighted by Gasteiger charge is 2.40. The zero-order valence-electron chi connectivity index (χ0n) is 18.6. The number of ether oxygens (including phenoxy) is 2. The summed E-state index contributed by atoms with van der Waals surface area (Å²) in [4.78, 5) is 39.2. The third kappa shape index (κ3) is 5.56. The van der Waals surface area contributed by atoms with Gasteiger partial charge < -0.3 is 9.47 Å². The van der Waals surface area contributed by atoms with Gasteiger partial charge in [-0.15, -0.1) is 0 Å². The summed E-state index contributed by atoms with van der Waals surface area (Å²) in [6.07, 6.45) is 4.97. The number of hydrogen-bond acceptors (Lipinski definition) is 5. The number of imide groups is 2. The Kier molecular flexibility index (Phi) is 8.12. The van der Waals surface area contributed by atoms with Crippen LogP contribution in [0.4, 0.5) is 4.79 Å². The number of barbiturate groups is 1. The third-order valence-corrected chi connectivity index (χ3v) is 7.28. The summed E-state index contributed by atoms with van der Waals surface area (Å²) >= 11 is 4.42. The van der Waals surface area contributed by atoms with Crippen molar-refractivity contribution < 1.29 is 23.9 Å². The first-order valence-corrected chi connectivity index (χ1v) is 13.3. The molecule has 0 radical (unpaired) electrons. The van der Waals surface area contributed by atoms with Gasteiger partial charge >= 0.3 is 6.03 Å². The minimum Gasteiger partial charge on any atom is -0.490 e. The number of carbonyl (C=O) groups excluding carboxylic acids is 3. The zero-order chi connectivity index (χ0) is 24.2. The second kappa shape index (κ2) is 11.1. The van der Waals surface area contributed by atoms with E-state index in [2.05, 4.69) is 50.5 Å². The van der Waals surface area contributed by atoms with E-state index in [4.69, 9.17) is 9.47 Å². The predicted octanol–water partition coefficient (Wildman–Crippen LogP) is 5.28. The van der Waals surface area contributed by atoms with E-state index in [-0.39, 0.29) is 11.6 Å². The van der Waals surface area contributed by atoms with E-state index in [0.717, 1.165) is 38.4 Å². The number of urea groups is 1. The van der Waals surface area contributed by atoms with Gasteiger partial charge in [0.15, 0.2) is 11.5 Å². The van der Waals surface area contributed by atoms with Crippen molar-refractivity contribution >= 4 is 69.1 Å². The van der Waals surface area contributed by atoms with Gasteiger partial charge in [0.2, 0.25) is 0 Å². The normalized spacial score (nSPS) is 17.9. The molecule has 1 saturated carbocycles. The second-order valence-corrected chi connectivity index (χ2v) is 10.5. The summed E-state index contributed by atoms with van der Waals surface area (Å²) in [5.74, 6) is -0.103. The van der Waals surface area contributed by atoms with Crippen LogP contribution in [-0.4, -0.2) is 35.4 Å². The lowest BCUT2D eigenvalue weighted by Gasteiger charge is -2.31. The lowest BCUT2D eigenvalue weighted by Crippen LogP contribution is -2.57. The van der Waals surface area contributed by atoms with Crippen LogP contribution in [0.15, 0.2) is 42.0 Å². The molecular weight excluding hydrogens is 662 g/mol. The maximum absolute atomic E-state index is 13.1. The van der Waals surface area contributed by atoms with Crippen LogP contribution in [0, 0.1) is 7.14 Å². The first kappa shape index (κ1) is 25.0. The highest BCUT2D eigenvalue weighted by molar-refractivity contribution is 14.1. The van der Waals surface area contributed by atoms with Crippen LogP contribution < -0.4 is 14.8 Å². The van der Waals surface area contributed by atoms with Crippen molar-refractivity contribution in [1.29, 1.82) is 0 Å². The molecule has 2 aromatic rings. The van der Waals surface area contributed by atoms with Crippen molar-refractivity contribution in [2.75, 3.05) is 6.61 Å². The van der Waals surface area contributed by atoms with Gasteiger partial charge in [0.05, 0.1) is 10.2 Å². The first-order valence-electron chi connectivity index (χ1n) is 11.1. The second-order valence-electron chi connectivity index (χ2n) is 8.11. The Bertz CT molecular complexity index is 1140. The zero-order valence-corrected chi connectivity index (χ0v) is 22.9. The maximum Gasteiger partial charge on any atom is 0.331 e.